The Hall–Kier alpha value is -3.46. The molecule has 1 saturated heterocycles. The number of aromatic nitrogens is 1. The number of hydrogen-bond acceptors (Lipinski definition) is 5. The van der Waals surface area contributed by atoms with Crippen molar-refractivity contribution in [3.63, 3.8) is 0 Å². The first-order valence-corrected chi connectivity index (χ1v) is 13.8. The molecule has 0 aliphatic carbocycles. The number of nitrogens with zero attached hydrogens (tertiary/aromatic N) is 3. The number of aromatic carboxylic acids is 1. The lowest BCUT2D eigenvalue weighted by molar-refractivity contribution is 0.0193. The van der Waals surface area contributed by atoms with Crippen LogP contribution in [0.2, 0.25) is 0 Å². The van der Waals surface area contributed by atoms with Gasteiger partial charge in [0.25, 0.3) is 5.91 Å². The van der Waals surface area contributed by atoms with Gasteiger partial charge in [0.1, 0.15) is 0 Å². The van der Waals surface area contributed by atoms with Crippen molar-refractivity contribution in [2.24, 2.45) is 7.05 Å². The minimum absolute atomic E-state index is 0.00173. The van der Waals surface area contributed by atoms with Crippen molar-refractivity contribution < 1.29 is 19.4 Å². The average Bonchev–Trinajstić information content (AvgIpc) is 3.26. The summed E-state index contributed by atoms with van der Waals surface area (Å²) in [6.07, 6.45) is 1.69. The van der Waals surface area contributed by atoms with E-state index >= 15 is 0 Å². The highest BCUT2D eigenvalue weighted by atomic mass is 16.5. The molecule has 6 rings (SSSR count). The van der Waals surface area contributed by atoms with Gasteiger partial charge in [-0.25, -0.2) is 4.79 Å². The van der Waals surface area contributed by atoms with Crippen molar-refractivity contribution in [3.8, 4) is 11.3 Å². The van der Waals surface area contributed by atoms with Crippen LogP contribution in [0.1, 0.15) is 48.7 Å². The summed E-state index contributed by atoms with van der Waals surface area (Å²) in [7, 11) is 1.88. The summed E-state index contributed by atoms with van der Waals surface area (Å²) >= 11 is 0. The third-order valence-corrected chi connectivity index (χ3v) is 8.69. The largest absolute Gasteiger partial charge is 0.478 e. The molecule has 1 aromatic heterocycles. The number of carboxylic acids is 1. The van der Waals surface area contributed by atoms with Crippen molar-refractivity contribution >= 4 is 11.9 Å². The first-order chi connectivity index (χ1) is 18.9. The summed E-state index contributed by atoms with van der Waals surface area (Å²) in [6, 6.07) is 14.4. The molecular weight excluding hydrogens is 492 g/mol. The van der Waals surface area contributed by atoms with Crippen LogP contribution in [0.3, 0.4) is 0 Å². The highest BCUT2D eigenvalue weighted by molar-refractivity contribution is 6.02. The number of hydrogen-bond donors (Lipinski definition) is 2. The van der Waals surface area contributed by atoms with Crippen LogP contribution in [0.25, 0.3) is 11.3 Å². The maximum Gasteiger partial charge on any atom is 0.337 e. The smallest absolute Gasteiger partial charge is 0.337 e. The minimum Gasteiger partial charge on any atom is -0.478 e. The monoisotopic (exact) mass is 528 g/mol. The van der Waals surface area contributed by atoms with Gasteiger partial charge in [-0.1, -0.05) is 24.3 Å². The van der Waals surface area contributed by atoms with Crippen LogP contribution in [0.4, 0.5) is 0 Å². The normalized spacial score (nSPS) is 19.4. The summed E-state index contributed by atoms with van der Waals surface area (Å²) in [5, 5.41) is 13.2. The van der Waals surface area contributed by atoms with Gasteiger partial charge >= 0.3 is 5.97 Å². The Bertz CT molecular complexity index is 1420. The molecule has 3 aliphatic rings. The molecule has 2 aromatic carbocycles. The summed E-state index contributed by atoms with van der Waals surface area (Å²) in [4.78, 5) is 31.0. The van der Waals surface area contributed by atoms with Crippen molar-refractivity contribution in [2.45, 2.75) is 38.9 Å². The van der Waals surface area contributed by atoms with Crippen molar-refractivity contribution in [3.05, 3.63) is 81.5 Å². The summed E-state index contributed by atoms with van der Waals surface area (Å²) in [5.74, 6) is -0.954. The third kappa shape index (κ3) is 4.88. The Morgan fingerprint density at radius 2 is 1.79 bits per heavy atom. The number of ether oxygens (including phenoxy) is 1. The highest BCUT2D eigenvalue weighted by Crippen LogP contribution is 2.34. The standard InChI is InChI=1S/C31H36N4O4/c1-20-26(31(37)38)16-29(33(20)2)27-14-22-7-8-32-17-24(22)15-28(27)30(36)35-18-23-6-4-3-5-21(23)13-25(35)19-34-9-11-39-12-10-34/h3-6,14-16,25,32H,7-13,17-19H2,1-2H3,(H,37,38)/t25-/m0/s1. The van der Waals surface area contributed by atoms with Crippen LogP contribution in [0.15, 0.2) is 42.5 Å². The predicted molar refractivity (Wildman–Crippen MR) is 149 cm³/mol. The second kappa shape index (κ2) is 10.6. The number of rotatable bonds is 5. The fourth-order valence-electron chi connectivity index (χ4n) is 6.32. The minimum atomic E-state index is -0.956. The number of amides is 1. The molecule has 0 radical (unpaired) electrons. The van der Waals surface area contributed by atoms with E-state index in [2.05, 4.69) is 34.5 Å². The average molecular weight is 529 g/mol. The zero-order valence-electron chi connectivity index (χ0n) is 22.7. The maximum atomic E-state index is 14.6. The molecule has 0 unspecified atom stereocenters. The van der Waals surface area contributed by atoms with Crippen molar-refractivity contribution in [1.29, 1.82) is 0 Å². The number of benzene rings is 2. The Balaban J connectivity index is 1.44. The number of fused-ring (bicyclic) bond motifs is 2. The SMILES string of the molecule is Cc1c(C(=O)O)cc(-c2cc3c(cc2C(=O)N2Cc4ccccc4C[C@H]2CN2CCOCC2)CNCC3)n1C. The molecule has 0 bridgehead atoms. The van der Waals surface area contributed by atoms with E-state index in [1.165, 1.54) is 16.7 Å². The molecule has 1 fully saturated rings. The van der Waals surface area contributed by atoms with E-state index in [-0.39, 0.29) is 17.5 Å². The molecule has 2 N–H and O–H groups in total. The first-order valence-electron chi connectivity index (χ1n) is 13.8. The second-order valence-corrected chi connectivity index (χ2v) is 11.0. The molecule has 3 aliphatic heterocycles. The van der Waals surface area contributed by atoms with Gasteiger partial charge in [0.15, 0.2) is 0 Å². The lowest BCUT2D eigenvalue weighted by Gasteiger charge is -2.41. The van der Waals surface area contributed by atoms with Crippen molar-refractivity contribution in [1.82, 2.24) is 19.7 Å². The first kappa shape index (κ1) is 25.8. The van der Waals surface area contributed by atoms with E-state index in [9.17, 15) is 14.7 Å². The van der Waals surface area contributed by atoms with Gasteiger partial charge in [-0.05, 0) is 66.8 Å². The number of carboxylic acid groups (broad SMARTS) is 1. The van der Waals surface area contributed by atoms with E-state index in [0.717, 1.165) is 75.6 Å². The Kier molecular flexibility index (Phi) is 7.01. The fourth-order valence-corrected chi connectivity index (χ4v) is 6.32. The van der Waals surface area contributed by atoms with Crippen LogP contribution in [0, 0.1) is 6.92 Å². The Morgan fingerprint density at radius 1 is 1.03 bits per heavy atom. The van der Waals surface area contributed by atoms with Gasteiger partial charge in [-0.15, -0.1) is 0 Å². The van der Waals surface area contributed by atoms with E-state index in [4.69, 9.17) is 4.74 Å². The summed E-state index contributed by atoms with van der Waals surface area (Å²) in [5.41, 5.74) is 7.99. The highest BCUT2D eigenvalue weighted by Gasteiger charge is 2.34. The van der Waals surface area contributed by atoms with E-state index < -0.39 is 5.97 Å². The van der Waals surface area contributed by atoms with Crippen LogP contribution >= 0.6 is 0 Å². The van der Waals surface area contributed by atoms with Gasteiger partial charge in [0.2, 0.25) is 0 Å². The van der Waals surface area contributed by atoms with Crippen molar-refractivity contribution in [2.75, 3.05) is 39.4 Å². The second-order valence-electron chi connectivity index (χ2n) is 11.0. The lowest BCUT2D eigenvalue weighted by atomic mass is 9.89. The molecule has 4 heterocycles. The molecule has 8 nitrogen and oxygen atoms in total. The molecule has 0 spiro atoms. The number of morpholine rings is 1. The molecule has 1 amide bonds. The summed E-state index contributed by atoms with van der Waals surface area (Å²) < 4.78 is 7.48. The van der Waals surface area contributed by atoms with Gasteiger partial charge in [-0.2, -0.15) is 0 Å². The topological polar surface area (TPSA) is 87.0 Å². The van der Waals surface area contributed by atoms with Gasteiger partial charge < -0.3 is 24.6 Å². The van der Waals surface area contributed by atoms with Gasteiger partial charge in [-0.3, -0.25) is 9.69 Å². The van der Waals surface area contributed by atoms with Gasteiger partial charge in [0.05, 0.1) is 18.8 Å². The molecule has 8 heteroatoms. The number of nitrogens with one attached hydrogen (secondary N) is 1. The molecule has 1 atom stereocenters. The molecular formula is C31H36N4O4. The maximum absolute atomic E-state index is 14.6. The van der Waals surface area contributed by atoms with E-state index in [1.807, 2.05) is 35.6 Å². The molecule has 0 saturated carbocycles. The number of carbonyl (C=O) groups excluding carboxylic acids is 1. The van der Waals surface area contributed by atoms with Gasteiger partial charge in [0, 0.05) is 68.3 Å². The third-order valence-electron chi connectivity index (χ3n) is 8.69. The van der Waals surface area contributed by atoms with Crippen LogP contribution in [0.5, 0.6) is 0 Å². The van der Waals surface area contributed by atoms with E-state index in [0.29, 0.717) is 17.8 Å². The molecule has 39 heavy (non-hydrogen) atoms. The van der Waals surface area contributed by atoms with E-state index in [1.54, 1.807) is 6.07 Å². The number of carbonyl (C=O) groups is 2. The Labute approximate surface area is 229 Å². The van der Waals surface area contributed by atoms with Crippen LogP contribution in [-0.4, -0.2) is 76.8 Å². The Morgan fingerprint density at radius 3 is 2.54 bits per heavy atom. The predicted octanol–water partition coefficient (Wildman–Crippen LogP) is 3.24. The zero-order valence-corrected chi connectivity index (χ0v) is 22.7. The molecule has 3 aromatic rings. The fraction of sp³-hybridized carbons (Fsp3) is 0.419. The lowest BCUT2D eigenvalue weighted by Crippen LogP contribution is -2.52. The van der Waals surface area contributed by atoms with Crippen LogP contribution in [-0.2, 0) is 37.7 Å². The molecule has 204 valence electrons. The van der Waals surface area contributed by atoms with Crippen LogP contribution < -0.4 is 5.32 Å². The quantitative estimate of drug-likeness (QED) is 0.529. The summed E-state index contributed by atoms with van der Waals surface area (Å²) in [6.45, 7) is 7.97. The zero-order chi connectivity index (χ0) is 27.1.